The van der Waals surface area contributed by atoms with Crippen molar-refractivity contribution in [3.8, 4) is 11.8 Å². The van der Waals surface area contributed by atoms with Gasteiger partial charge in [-0.3, -0.25) is 0 Å². The lowest BCUT2D eigenvalue weighted by Gasteiger charge is -2.35. The van der Waals surface area contributed by atoms with Crippen LogP contribution in [0.3, 0.4) is 0 Å². The van der Waals surface area contributed by atoms with Gasteiger partial charge in [0.05, 0.1) is 0 Å². The van der Waals surface area contributed by atoms with Gasteiger partial charge in [-0.15, -0.1) is 11.3 Å². The lowest BCUT2D eigenvalue weighted by atomic mass is 9.81. The summed E-state index contributed by atoms with van der Waals surface area (Å²) in [5.41, 5.74) is -2.80. The molecule has 1 aromatic carbocycles. The van der Waals surface area contributed by atoms with Crippen LogP contribution in [0.4, 0.5) is 13.2 Å². The van der Waals surface area contributed by atoms with Gasteiger partial charge < -0.3 is 10.2 Å². The Hall–Kier alpha value is -1.75. The Kier molecular flexibility index (Phi) is 4.86. The van der Waals surface area contributed by atoms with Crippen LogP contribution in [0.1, 0.15) is 33.7 Å². The number of hydrogen-bond acceptors (Lipinski definition) is 4. The molecule has 0 saturated heterocycles. The van der Waals surface area contributed by atoms with Gasteiger partial charge in [-0.05, 0) is 36.2 Å². The molecule has 0 bridgehead atoms. The molecule has 0 saturated carbocycles. The second kappa shape index (κ2) is 6.28. The van der Waals surface area contributed by atoms with Gasteiger partial charge in [-0.1, -0.05) is 24.6 Å². The van der Waals surface area contributed by atoms with Gasteiger partial charge in [-0.2, -0.15) is 18.4 Å². The number of alkyl halides is 3. The fourth-order valence-electron chi connectivity index (χ4n) is 2.47. The molecule has 8 heteroatoms. The van der Waals surface area contributed by atoms with Crippen molar-refractivity contribution in [2.45, 2.75) is 31.5 Å². The minimum Gasteiger partial charge on any atom is -0.508 e. The van der Waals surface area contributed by atoms with E-state index in [1.165, 1.54) is 32.0 Å². The smallest absolute Gasteiger partial charge is 0.422 e. The summed E-state index contributed by atoms with van der Waals surface area (Å²) in [6.07, 6.45) is -4.99. The Morgan fingerprint density at radius 3 is 2.38 bits per heavy atom. The van der Waals surface area contributed by atoms with Crippen LogP contribution in [0, 0.1) is 18.3 Å². The van der Waals surface area contributed by atoms with E-state index in [1.54, 1.807) is 0 Å². The molecule has 0 aliphatic rings. The van der Waals surface area contributed by atoms with E-state index in [0.29, 0.717) is 16.9 Å². The fourth-order valence-corrected chi connectivity index (χ4v) is 3.98. The number of nitrogens with zero attached hydrogens (tertiary/aromatic N) is 1. The molecule has 2 N–H and O–H groups in total. The van der Waals surface area contributed by atoms with Crippen LogP contribution in [0.25, 0.3) is 0 Å². The van der Waals surface area contributed by atoms with E-state index in [2.05, 4.69) is 0 Å². The first kappa shape index (κ1) is 18.6. The number of benzene rings is 1. The van der Waals surface area contributed by atoms with E-state index in [1.807, 2.05) is 6.07 Å². The molecule has 1 heterocycles. The van der Waals surface area contributed by atoms with Crippen LogP contribution < -0.4 is 0 Å². The maximum atomic E-state index is 13.8. The summed E-state index contributed by atoms with van der Waals surface area (Å²) < 4.78 is 41.3. The minimum absolute atomic E-state index is 0.0406. The first-order chi connectivity index (χ1) is 11.0. The van der Waals surface area contributed by atoms with Gasteiger partial charge in [0.2, 0.25) is 5.60 Å². The van der Waals surface area contributed by atoms with Crippen LogP contribution in [-0.2, 0) is 5.60 Å². The van der Waals surface area contributed by atoms with Crippen LogP contribution in [0.15, 0.2) is 24.3 Å². The standard InChI is InChI=1S/C16H13ClF3NO2S/c1-8-5-14(24-13(8)7-21)15(23,16(18,19)20)9(2)11-4-3-10(22)6-12(11)17/h3-6,9,22-23H,1-2H3. The average Bonchev–Trinajstić information content (AvgIpc) is 2.86. The van der Waals surface area contributed by atoms with Crippen molar-refractivity contribution in [2.24, 2.45) is 0 Å². The summed E-state index contributed by atoms with van der Waals surface area (Å²) in [5, 5.41) is 28.9. The minimum atomic E-state index is -4.99. The molecule has 128 valence electrons. The van der Waals surface area contributed by atoms with Crippen molar-refractivity contribution >= 4 is 22.9 Å². The van der Waals surface area contributed by atoms with E-state index in [-0.39, 0.29) is 26.1 Å². The number of thiophene rings is 1. The third-order valence-corrected chi connectivity index (χ3v) is 5.50. The second-order valence-electron chi connectivity index (χ2n) is 5.43. The normalized spacial score (nSPS) is 15.6. The molecule has 0 aliphatic carbocycles. The predicted molar refractivity (Wildman–Crippen MR) is 85.3 cm³/mol. The SMILES string of the molecule is Cc1cc(C(O)(C(C)c2ccc(O)cc2Cl)C(F)(F)F)sc1C#N. The molecular formula is C16H13ClF3NO2S. The highest BCUT2D eigenvalue weighted by atomic mass is 35.5. The molecule has 0 amide bonds. The third kappa shape index (κ3) is 2.97. The highest BCUT2D eigenvalue weighted by Gasteiger charge is 2.60. The van der Waals surface area contributed by atoms with Crippen molar-refractivity contribution in [1.29, 1.82) is 5.26 Å². The van der Waals surface area contributed by atoms with E-state index in [4.69, 9.17) is 16.9 Å². The zero-order chi connectivity index (χ0) is 18.3. The van der Waals surface area contributed by atoms with Gasteiger partial charge in [-0.25, -0.2) is 0 Å². The Balaban J connectivity index is 2.65. The summed E-state index contributed by atoms with van der Waals surface area (Å²) in [5.74, 6) is -1.64. The number of nitriles is 1. The first-order valence-corrected chi connectivity index (χ1v) is 8.00. The van der Waals surface area contributed by atoms with Crippen LogP contribution >= 0.6 is 22.9 Å². The number of phenols is 1. The molecule has 1 aromatic heterocycles. The Bertz CT molecular complexity index is 813. The summed E-state index contributed by atoms with van der Waals surface area (Å²) in [6, 6.07) is 6.55. The number of aliphatic hydroxyl groups is 1. The van der Waals surface area contributed by atoms with Crippen LogP contribution in [0.5, 0.6) is 5.75 Å². The van der Waals surface area contributed by atoms with Crippen molar-refractivity contribution in [3.05, 3.63) is 50.2 Å². The number of rotatable bonds is 3. The van der Waals surface area contributed by atoms with Crippen molar-refractivity contribution < 1.29 is 23.4 Å². The van der Waals surface area contributed by atoms with Gasteiger partial charge in [0.25, 0.3) is 0 Å². The number of aryl methyl sites for hydroxylation is 1. The highest BCUT2D eigenvalue weighted by Crippen LogP contribution is 2.52. The Morgan fingerprint density at radius 2 is 1.92 bits per heavy atom. The molecule has 24 heavy (non-hydrogen) atoms. The zero-order valence-corrected chi connectivity index (χ0v) is 14.2. The number of halogens is 4. The van der Waals surface area contributed by atoms with Gasteiger partial charge in [0.1, 0.15) is 16.7 Å². The molecule has 2 rings (SSSR count). The molecule has 2 aromatic rings. The summed E-state index contributed by atoms with van der Waals surface area (Å²) in [4.78, 5) is -0.266. The van der Waals surface area contributed by atoms with Crippen molar-refractivity contribution in [1.82, 2.24) is 0 Å². The van der Waals surface area contributed by atoms with E-state index >= 15 is 0 Å². The van der Waals surface area contributed by atoms with Gasteiger partial charge in [0, 0.05) is 15.8 Å². The molecule has 0 spiro atoms. The topological polar surface area (TPSA) is 64.2 Å². The maximum absolute atomic E-state index is 13.8. The lowest BCUT2D eigenvalue weighted by molar-refractivity contribution is -0.273. The first-order valence-electron chi connectivity index (χ1n) is 6.81. The molecular weight excluding hydrogens is 363 g/mol. The Labute approximate surface area is 145 Å². The van der Waals surface area contributed by atoms with Crippen LogP contribution in [0.2, 0.25) is 5.02 Å². The molecule has 2 atom stereocenters. The van der Waals surface area contributed by atoms with Crippen molar-refractivity contribution in [2.75, 3.05) is 0 Å². The third-order valence-electron chi connectivity index (χ3n) is 3.90. The molecule has 0 fully saturated rings. The predicted octanol–water partition coefficient (Wildman–Crippen LogP) is 4.84. The van der Waals surface area contributed by atoms with E-state index < -0.39 is 17.7 Å². The summed E-state index contributed by atoms with van der Waals surface area (Å²) in [6.45, 7) is 2.71. The monoisotopic (exact) mass is 375 g/mol. The van der Waals surface area contributed by atoms with Crippen LogP contribution in [-0.4, -0.2) is 16.4 Å². The molecule has 2 unspecified atom stereocenters. The molecule has 0 aliphatic heterocycles. The quantitative estimate of drug-likeness (QED) is 0.806. The number of aromatic hydroxyl groups is 1. The fraction of sp³-hybridized carbons (Fsp3) is 0.312. The lowest BCUT2D eigenvalue weighted by Crippen LogP contribution is -2.46. The van der Waals surface area contributed by atoms with Gasteiger partial charge in [0.15, 0.2) is 0 Å². The molecule has 0 radical (unpaired) electrons. The zero-order valence-electron chi connectivity index (χ0n) is 12.6. The number of hydrogen-bond donors (Lipinski definition) is 2. The maximum Gasteiger partial charge on any atom is 0.422 e. The summed E-state index contributed by atoms with van der Waals surface area (Å²) in [7, 11) is 0. The van der Waals surface area contributed by atoms with Gasteiger partial charge >= 0.3 is 6.18 Å². The summed E-state index contributed by atoms with van der Waals surface area (Å²) >= 11 is 6.55. The Morgan fingerprint density at radius 1 is 1.29 bits per heavy atom. The second-order valence-corrected chi connectivity index (χ2v) is 6.89. The van der Waals surface area contributed by atoms with E-state index in [9.17, 15) is 23.4 Å². The van der Waals surface area contributed by atoms with E-state index in [0.717, 1.165) is 6.07 Å². The highest BCUT2D eigenvalue weighted by molar-refractivity contribution is 7.12. The average molecular weight is 376 g/mol. The number of phenolic OH excluding ortho intramolecular Hbond substituents is 1. The van der Waals surface area contributed by atoms with Crippen molar-refractivity contribution in [3.63, 3.8) is 0 Å². The molecule has 3 nitrogen and oxygen atoms in total. The largest absolute Gasteiger partial charge is 0.508 e.